The van der Waals surface area contributed by atoms with Gasteiger partial charge in [-0.15, -0.1) is 28.1 Å². The molecule has 1 aliphatic rings. The molecule has 1 atom stereocenters. The van der Waals surface area contributed by atoms with Crippen molar-refractivity contribution in [3.63, 3.8) is 0 Å². The number of carbonyl (C=O) groups is 2. The van der Waals surface area contributed by atoms with Crippen LogP contribution in [0.2, 0.25) is 5.02 Å². The normalized spacial score (nSPS) is 13.2. The highest BCUT2D eigenvalue weighted by atomic mass is 35.5. The summed E-state index contributed by atoms with van der Waals surface area (Å²) >= 11 is 8.76. The lowest BCUT2D eigenvalue weighted by Gasteiger charge is -2.17. The van der Waals surface area contributed by atoms with Gasteiger partial charge in [-0.25, -0.2) is 4.79 Å². The van der Waals surface area contributed by atoms with Crippen LogP contribution in [0.15, 0.2) is 36.0 Å². The molecule has 1 aliphatic carbocycles. The molecular weight excluding hydrogens is 520 g/mol. The average molecular weight is 547 g/mol. The highest BCUT2D eigenvalue weighted by molar-refractivity contribution is 7.99. The lowest BCUT2D eigenvalue weighted by atomic mass is 10.1. The minimum absolute atomic E-state index is 0.101. The van der Waals surface area contributed by atoms with E-state index in [4.69, 9.17) is 21.1 Å². The van der Waals surface area contributed by atoms with Crippen molar-refractivity contribution in [2.24, 2.45) is 0 Å². The maximum Gasteiger partial charge on any atom is 0.341 e. The van der Waals surface area contributed by atoms with Crippen LogP contribution in [0.3, 0.4) is 0 Å². The van der Waals surface area contributed by atoms with Gasteiger partial charge < -0.3 is 14.8 Å². The van der Waals surface area contributed by atoms with E-state index in [1.807, 2.05) is 30.5 Å². The summed E-state index contributed by atoms with van der Waals surface area (Å²) in [6.07, 6.45) is 4.10. The standard InChI is InChI=1S/C25H27ClN4O4S2/c1-5-11-30-22(15(3)34-18-10-9-16(26)12-14(18)2)28-29-25(30)35-13-20(31)27-23-21(24(32)33-4)17-7-6-8-19(17)36-23/h5,9-10,12,15H,1,6-8,11,13H2,2-4H3,(H,27,31). The second kappa shape index (κ2) is 11.5. The first kappa shape index (κ1) is 26.2. The van der Waals surface area contributed by atoms with Gasteiger partial charge in [0.25, 0.3) is 0 Å². The minimum atomic E-state index is -0.419. The van der Waals surface area contributed by atoms with Gasteiger partial charge in [0.15, 0.2) is 17.1 Å². The third kappa shape index (κ3) is 5.61. The summed E-state index contributed by atoms with van der Waals surface area (Å²) in [6, 6.07) is 5.44. The van der Waals surface area contributed by atoms with Crippen molar-refractivity contribution in [2.45, 2.75) is 50.9 Å². The summed E-state index contributed by atoms with van der Waals surface area (Å²) in [6.45, 7) is 8.11. The Bertz CT molecular complexity index is 1300. The number of hydrogen-bond acceptors (Lipinski definition) is 8. The number of rotatable bonds is 10. The molecule has 36 heavy (non-hydrogen) atoms. The summed E-state index contributed by atoms with van der Waals surface area (Å²) < 4.78 is 13.0. The van der Waals surface area contributed by atoms with Crippen molar-refractivity contribution < 1.29 is 19.1 Å². The Morgan fingerprint density at radius 3 is 2.89 bits per heavy atom. The SMILES string of the molecule is C=CCn1c(SCC(=O)Nc2sc3c(c2C(=O)OC)CCC3)nnc1C(C)Oc1ccc(Cl)cc1C. The number of thiophene rings is 1. The number of aromatic nitrogens is 3. The zero-order valence-electron chi connectivity index (χ0n) is 20.3. The molecule has 1 unspecified atom stereocenters. The van der Waals surface area contributed by atoms with Gasteiger partial charge in [0.2, 0.25) is 5.91 Å². The third-order valence-corrected chi connectivity index (χ3v) is 8.17. The van der Waals surface area contributed by atoms with E-state index >= 15 is 0 Å². The van der Waals surface area contributed by atoms with Crippen LogP contribution in [0.1, 0.15) is 51.6 Å². The number of methoxy groups -OCH3 is 1. The largest absolute Gasteiger partial charge is 0.482 e. The molecule has 0 aliphatic heterocycles. The van der Waals surface area contributed by atoms with Crippen molar-refractivity contribution in [3.8, 4) is 5.75 Å². The molecular formula is C25H27ClN4O4S2. The Kier molecular flexibility index (Phi) is 8.38. The maximum absolute atomic E-state index is 12.8. The molecule has 11 heteroatoms. The molecule has 2 heterocycles. The Labute approximate surface area is 223 Å². The summed E-state index contributed by atoms with van der Waals surface area (Å²) in [5.41, 5.74) is 2.39. The fourth-order valence-corrected chi connectivity index (χ4v) is 6.37. The fraction of sp³-hybridized carbons (Fsp3) is 0.360. The topological polar surface area (TPSA) is 95.3 Å². The number of benzene rings is 1. The van der Waals surface area contributed by atoms with Gasteiger partial charge in [0.1, 0.15) is 10.8 Å². The third-order valence-electron chi connectivity index (χ3n) is 5.76. The summed E-state index contributed by atoms with van der Waals surface area (Å²) in [5.74, 6) is 0.774. The Balaban J connectivity index is 1.45. The summed E-state index contributed by atoms with van der Waals surface area (Å²) in [4.78, 5) is 26.3. The van der Waals surface area contributed by atoms with Crippen molar-refractivity contribution in [1.82, 2.24) is 14.8 Å². The minimum Gasteiger partial charge on any atom is -0.482 e. The van der Waals surface area contributed by atoms with Crippen molar-refractivity contribution in [3.05, 3.63) is 63.3 Å². The number of carbonyl (C=O) groups excluding carboxylic acids is 2. The molecule has 0 saturated heterocycles. The van der Waals surface area contributed by atoms with Crippen LogP contribution in [-0.4, -0.2) is 39.5 Å². The van der Waals surface area contributed by atoms with E-state index < -0.39 is 12.1 Å². The van der Waals surface area contributed by atoms with Crippen LogP contribution in [0.25, 0.3) is 0 Å². The van der Waals surface area contributed by atoms with Crippen LogP contribution in [0.4, 0.5) is 5.00 Å². The number of halogens is 1. The first-order chi connectivity index (χ1) is 17.3. The summed E-state index contributed by atoms with van der Waals surface area (Å²) in [7, 11) is 1.35. The molecule has 1 N–H and O–H groups in total. The summed E-state index contributed by atoms with van der Waals surface area (Å²) in [5, 5.41) is 13.3. The Hall–Kier alpha value is -2.82. The number of nitrogens with one attached hydrogen (secondary N) is 1. The number of ether oxygens (including phenoxy) is 2. The van der Waals surface area contributed by atoms with Gasteiger partial charge in [0, 0.05) is 16.4 Å². The van der Waals surface area contributed by atoms with Crippen molar-refractivity contribution in [1.29, 1.82) is 0 Å². The highest BCUT2D eigenvalue weighted by Gasteiger charge is 2.28. The molecule has 3 aromatic rings. The van der Waals surface area contributed by atoms with E-state index in [0.717, 1.165) is 35.3 Å². The highest BCUT2D eigenvalue weighted by Crippen LogP contribution is 2.39. The van der Waals surface area contributed by atoms with Crippen LogP contribution >= 0.6 is 34.7 Å². The second-order valence-electron chi connectivity index (χ2n) is 8.30. The van der Waals surface area contributed by atoms with Crippen LogP contribution in [-0.2, 0) is 28.9 Å². The van der Waals surface area contributed by atoms with Gasteiger partial charge in [-0.3, -0.25) is 9.36 Å². The monoisotopic (exact) mass is 546 g/mol. The molecule has 0 saturated carbocycles. The molecule has 0 bridgehead atoms. The molecule has 4 rings (SSSR count). The van der Waals surface area contributed by atoms with E-state index in [1.165, 1.54) is 30.2 Å². The molecule has 2 aromatic heterocycles. The average Bonchev–Trinajstić information content (AvgIpc) is 3.54. The quantitative estimate of drug-likeness (QED) is 0.200. The molecule has 0 radical (unpaired) electrons. The maximum atomic E-state index is 12.8. The van der Waals surface area contributed by atoms with Gasteiger partial charge in [-0.05, 0) is 62.4 Å². The number of anilines is 1. The first-order valence-corrected chi connectivity index (χ1v) is 13.6. The fourth-order valence-electron chi connectivity index (χ4n) is 4.10. The van der Waals surface area contributed by atoms with Crippen LogP contribution < -0.4 is 10.1 Å². The Morgan fingerprint density at radius 1 is 1.36 bits per heavy atom. The van der Waals surface area contributed by atoms with Gasteiger partial charge in [-0.2, -0.15) is 0 Å². The van der Waals surface area contributed by atoms with Crippen molar-refractivity contribution in [2.75, 3.05) is 18.2 Å². The van der Waals surface area contributed by atoms with E-state index in [1.54, 1.807) is 12.1 Å². The van der Waals surface area contributed by atoms with E-state index in [9.17, 15) is 9.59 Å². The number of esters is 1. The van der Waals surface area contributed by atoms with Gasteiger partial charge >= 0.3 is 5.97 Å². The molecule has 8 nitrogen and oxygen atoms in total. The number of thioether (sulfide) groups is 1. The predicted molar refractivity (Wildman–Crippen MR) is 142 cm³/mol. The molecule has 190 valence electrons. The van der Waals surface area contributed by atoms with Crippen LogP contribution in [0, 0.1) is 6.92 Å². The predicted octanol–water partition coefficient (Wildman–Crippen LogP) is 5.63. The van der Waals surface area contributed by atoms with Gasteiger partial charge in [0.05, 0.1) is 18.4 Å². The number of fused-ring (bicyclic) bond motifs is 1. The van der Waals surface area contributed by atoms with E-state index in [0.29, 0.717) is 38.9 Å². The van der Waals surface area contributed by atoms with Gasteiger partial charge in [-0.1, -0.05) is 29.4 Å². The Morgan fingerprint density at radius 2 is 2.17 bits per heavy atom. The molecule has 1 aromatic carbocycles. The number of aryl methyl sites for hydroxylation is 2. The molecule has 1 amide bonds. The second-order valence-corrected chi connectivity index (χ2v) is 10.8. The molecule has 0 spiro atoms. The zero-order chi connectivity index (χ0) is 25.8. The number of hydrogen-bond donors (Lipinski definition) is 1. The van der Waals surface area contributed by atoms with Crippen LogP contribution in [0.5, 0.6) is 5.75 Å². The number of amides is 1. The molecule has 0 fully saturated rings. The van der Waals surface area contributed by atoms with Crippen molar-refractivity contribution >= 4 is 51.6 Å². The number of allylic oxidation sites excluding steroid dienone is 1. The lowest BCUT2D eigenvalue weighted by Crippen LogP contribution is -2.17. The number of nitrogens with zero attached hydrogens (tertiary/aromatic N) is 3. The first-order valence-electron chi connectivity index (χ1n) is 11.4. The van der Waals surface area contributed by atoms with E-state index in [-0.39, 0.29) is 11.7 Å². The lowest BCUT2D eigenvalue weighted by molar-refractivity contribution is -0.113. The zero-order valence-corrected chi connectivity index (χ0v) is 22.7. The van der Waals surface area contributed by atoms with E-state index in [2.05, 4.69) is 22.1 Å². The smallest absolute Gasteiger partial charge is 0.341 e.